The van der Waals surface area contributed by atoms with Crippen LogP contribution in [0.1, 0.15) is 44.7 Å². The van der Waals surface area contributed by atoms with Gasteiger partial charge in [-0.2, -0.15) is 5.26 Å². The van der Waals surface area contributed by atoms with E-state index in [1.54, 1.807) is 0 Å². The quantitative estimate of drug-likeness (QED) is 0.834. The minimum Gasteiger partial charge on any atom is -0.310 e. The van der Waals surface area contributed by atoms with Gasteiger partial charge in [-0.05, 0) is 43.0 Å². The van der Waals surface area contributed by atoms with Gasteiger partial charge in [-0.15, -0.1) is 0 Å². The summed E-state index contributed by atoms with van der Waals surface area (Å²) in [5.74, 6) is 0.385. The predicted octanol–water partition coefficient (Wildman–Crippen LogP) is 3.61. The minimum atomic E-state index is -0.291. The summed E-state index contributed by atoms with van der Waals surface area (Å²) >= 11 is 0. The zero-order chi connectivity index (χ0) is 13.5. The van der Waals surface area contributed by atoms with Gasteiger partial charge < -0.3 is 5.32 Å². The number of benzene rings is 1. The second-order valence-corrected chi connectivity index (χ2v) is 4.94. The van der Waals surface area contributed by atoms with Crippen LogP contribution in [0.5, 0.6) is 0 Å². The van der Waals surface area contributed by atoms with Crippen LogP contribution in [-0.4, -0.2) is 6.04 Å². The molecular weight excluding hydrogens is 227 g/mol. The fourth-order valence-electron chi connectivity index (χ4n) is 1.96. The summed E-state index contributed by atoms with van der Waals surface area (Å²) in [5, 5.41) is 12.3. The van der Waals surface area contributed by atoms with Crippen molar-refractivity contribution in [2.24, 2.45) is 5.92 Å². The number of halogens is 1. The lowest BCUT2D eigenvalue weighted by Crippen LogP contribution is -2.27. The second-order valence-electron chi connectivity index (χ2n) is 4.94. The molecule has 1 aromatic rings. The van der Waals surface area contributed by atoms with E-state index < -0.39 is 0 Å². The molecule has 0 saturated heterocycles. The lowest BCUT2D eigenvalue weighted by Gasteiger charge is -2.18. The smallest absolute Gasteiger partial charge is 0.123 e. The first-order valence-corrected chi connectivity index (χ1v) is 6.48. The van der Waals surface area contributed by atoms with E-state index in [0.717, 1.165) is 18.4 Å². The Labute approximate surface area is 109 Å². The van der Waals surface area contributed by atoms with Crippen molar-refractivity contribution in [3.8, 4) is 6.07 Å². The van der Waals surface area contributed by atoms with Crippen molar-refractivity contribution in [2.45, 2.75) is 46.2 Å². The van der Waals surface area contributed by atoms with Gasteiger partial charge in [0.15, 0.2) is 0 Å². The number of hydrogen-bond acceptors (Lipinski definition) is 2. The van der Waals surface area contributed by atoms with Crippen LogP contribution in [0.25, 0.3) is 0 Å². The summed E-state index contributed by atoms with van der Waals surface area (Å²) in [6, 6.07) is 6.75. The Hall–Kier alpha value is -1.40. The highest BCUT2D eigenvalue weighted by molar-refractivity contribution is 5.37. The van der Waals surface area contributed by atoms with Crippen molar-refractivity contribution in [3.63, 3.8) is 0 Å². The molecule has 1 rings (SSSR count). The Balaban J connectivity index is 2.58. The van der Waals surface area contributed by atoms with E-state index in [9.17, 15) is 4.39 Å². The second kappa shape index (κ2) is 7.13. The minimum absolute atomic E-state index is 0.291. The molecule has 1 aromatic carbocycles. The fraction of sp³-hybridized carbons (Fsp3) is 0.533. The van der Waals surface area contributed by atoms with Crippen molar-refractivity contribution >= 4 is 0 Å². The van der Waals surface area contributed by atoms with Gasteiger partial charge in [-0.1, -0.05) is 20.3 Å². The molecule has 0 bridgehead atoms. The fourth-order valence-corrected chi connectivity index (χ4v) is 1.96. The third kappa shape index (κ3) is 4.46. The van der Waals surface area contributed by atoms with Crippen molar-refractivity contribution in [1.82, 2.24) is 5.32 Å². The Kier molecular flexibility index (Phi) is 5.80. The molecule has 2 nitrogen and oxygen atoms in total. The van der Waals surface area contributed by atoms with E-state index in [0.29, 0.717) is 24.1 Å². The van der Waals surface area contributed by atoms with Crippen LogP contribution in [-0.2, 0) is 6.54 Å². The Morgan fingerprint density at radius 1 is 1.39 bits per heavy atom. The SMILES string of the molecule is CCC(C)CC(C)NCc1cc(F)ccc1C#N. The predicted molar refractivity (Wildman–Crippen MR) is 71.5 cm³/mol. The summed E-state index contributed by atoms with van der Waals surface area (Å²) in [6.07, 6.45) is 2.25. The summed E-state index contributed by atoms with van der Waals surface area (Å²) in [6.45, 7) is 7.06. The molecule has 0 spiro atoms. The number of nitriles is 1. The van der Waals surface area contributed by atoms with Crippen LogP contribution in [0.3, 0.4) is 0 Å². The van der Waals surface area contributed by atoms with E-state index in [1.807, 2.05) is 0 Å². The van der Waals surface area contributed by atoms with Crippen LogP contribution in [0.4, 0.5) is 4.39 Å². The maximum atomic E-state index is 13.1. The lowest BCUT2D eigenvalue weighted by molar-refractivity contribution is 0.411. The molecule has 0 aliphatic rings. The van der Waals surface area contributed by atoms with Gasteiger partial charge in [0, 0.05) is 12.6 Å². The first kappa shape index (κ1) is 14.7. The molecule has 0 saturated carbocycles. The molecule has 0 aliphatic heterocycles. The maximum Gasteiger partial charge on any atom is 0.123 e. The highest BCUT2D eigenvalue weighted by Gasteiger charge is 2.09. The Morgan fingerprint density at radius 3 is 2.72 bits per heavy atom. The molecular formula is C15H21FN2. The van der Waals surface area contributed by atoms with Crippen molar-refractivity contribution in [3.05, 3.63) is 35.1 Å². The molecule has 0 heterocycles. The normalized spacial score (nSPS) is 13.9. The molecule has 0 radical (unpaired) electrons. The molecule has 0 fully saturated rings. The van der Waals surface area contributed by atoms with Crippen LogP contribution in [0.15, 0.2) is 18.2 Å². The Bertz CT molecular complexity index is 423. The maximum absolute atomic E-state index is 13.1. The summed E-state index contributed by atoms with van der Waals surface area (Å²) < 4.78 is 13.1. The monoisotopic (exact) mass is 248 g/mol. The van der Waals surface area contributed by atoms with Gasteiger partial charge in [0.05, 0.1) is 11.6 Å². The van der Waals surface area contributed by atoms with Crippen molar-refractivity contribution in [2.75, 3.05) is 0 Å². The first-order chi connectivity index (χ1) is 8.56. The average Bonchev–Trinajstić information content (AvgIpc) is 2.36. The molecule has 3 heteroatoms. The highest BCUT2D eigenvalue weighted by Crippen LogP contribution is 2.13. The van der Waals surface area contributed by atoms with Gasteiger partial charge in [0.2, 0.25) is 0 Å². The largest absolute Gasteiger partial charge is 0.310 e. The first-order valence-electron chi connectivity index (χ1n) is 6.48. The molecule has 1 N–H and O–H groups in total. The third-order valence-corrected chi connectivity index (χ3v) is 3.28. The number of hydrogen-bond donors (Lipinski definition) is 1. The van der Waals surface area contributed by atoms with Gasteiger partial charge in [-0.3, -0.25) is 0 Å². The highest BCUT2D eigenvalue weighted by atomic mass is 19.1. The zero-order valence-corrected chi connectivity index (χ0v) is 11.3. The van der Waals surface area contributed by atoms with E-state index in [1.165, 1.54) is 18.2 Å². The van der Waals surface area contributed by atoms with Crippen molar-refractivity contribution < 1.29 is 4.39 Å². The van der Waals surface area contributed by atoms with Crippen LogP contribution >= 0.6 is 0 Å². The average molecular weight is 248 g/mol. The summed E-state index contributed by atoms with van der Waals surface area (Å²) in [5.41, 5.74) is 1.27. The molecule has 0 aliphatic carbocycles. The topological polar surface area (TPSA) is 35.8 Å². The number of nitrogens with one attached hydrogen (secondary N) is 1. The van der Waals surface area contributed by atoms with E-state index >= 15 is 0 Å². The Morgan fingerprint density at radius 2 is 2.11 bits per heavy atom. The molecule has 0 aromatic heterocycles. The zero-order valence-electron chi connectivity index (χ0n) is 11.3. The standard InChI is InChI=1S/C15H21FN2/c1-4-11(2)7-12(3)18-10-14-8-15(16)6-5-13(14)9-17/h5-6,8,11-12,18H,4,7,10H2,1-3H3. The van der Waals surface area contributed by atoms with E-state index in [4.69, 9.17) is 5.26 Å². The lowest BCUT2D eigenvalue weighted by atomic mass is 10.00. The van der Waals surface area contributed by atoms with Crippen molar-refractivity contribution in [1.29, 1.82) is 5.26 Å². The summed E-state index contributed by atoms with van der Waals surface area (Å²) in [7, 11) is 0. The molecule has 2 atom stereocenters. The molecule has 0 amide bonds. The van der Waals surface area contributed by atoms with Gasteiger partial charge >= 0.3 is 0 Å². The number of nitrogens with zero attached hydrogens (tertiary/aromatic N) is 1. The molecule has 98 valence electrons. The van der Waals surface area contributed by atoms with Gasteiger partial charge in [0.1, 0.15) is 5.82 Å². The number of rotatable bonds is 6. The molecule has 18 heavy (non-hydrogen) atoms. The van der Waals surface area contributed by atoms with Gasteiger partial charge in [-0.25, -0.2) is 4.39 Å². The summed E-state index contributed by atoms with van der Waals surface area (Å²) in [4.78, 5) is 0. The van der Waals surface area contributed by atoms with Crippen LogP contribution < -0.4 is 5.32 Å². The van der Waals surface area contributed by atoms with Crippen LogP contribution in [0, 0.1) is 23.1 Å². The van der Waals surface area contributed by atoms with E-state index in [2.05, 4.69) is 32.2 Å². The van der Waals surface area contributed by atoms with Crippen LogP contribution in [0.2, 0.25) is 0 Å². The third-order valence-electron chi connectivity index (χ3n) is 3.28. The molecule has 2 unspecified atom stereocenters. The van der Waals surface area contributed by atoms with Gasteiger partial charge in [0.25, 0.3) is 0 Å². The van der Waals surface area contributed by atoms with E-state index in [-0.39, 0.29) is 5.82 Å².